The SMILES string of the molecule is O=C(CNC(=O)c1ccccc1)Nc1ccc(F)nc1F. The van der Waals surface area contributed by atoms with Gasteiger partial charge in [0.05, 0.1) is 12.2 Å². The Hall–Kier alpha value is -2.83. The number of hydrogen-bond acceptors (Lipinski definition) is 3. The lowest BCUT2D eigenvalue weighted by atomic mass is 10.2. The predicted octanol–water partition coefficient (Wildman–Crippen LogP) is 1.73. The molecule has 2 rings (SSSR count). The quantitative estimate of drug-likeness (QED) is 0.843. The number of amides is 2. The Morgan fingerprint density at radius 3 is 2.43 bits per heavy atom. The first-order valence-corrected chi connectivity index (χ1v) is 6.01. The van der Waals surface area contributed by atoms with Crippen molar-refractivity contribution in [2.45, 2.75) is 0 Å². The smallest absolute Gasteiger partial charge is 0.251 e. The maximum absolute atomic E-state index is 13.2. The van der Waals surface area contributed by atoms with Crippen molar-refractivity contribution < 1.29 is 18.4 Å². The van der Waals surface area contributed by atoms with E-state index in [0.29, 0.717) is 5.56 Å². The molecule has 2 N–H and O–H groups in total. The molecule has 0 spiro atoms. The number of halogens is 2. The molecule has 0 fully saturated rings. The van der Waals surface area contributed by atoms with Gasteiger partial charge in [-0.15, -0.1) is 0 Å². The average Bonchev–Trinajstić information content (AvgIpc) is 2.48. The molecule has 0 bridgehead atoms. The maximum atomic E-state index is 13.2. The highest BCUT2D eigenvalue weighted by molar-refractivity contribution is 5.99. The summed E-state index contributed by atoms with van der Waals surface area (Å²) in [5, 5.41) is 4.57. The molecule has 0 aliphatic heterocycles. The number of aromatic nitrogens is 1. The first kappa shape index (κ1) is 14.6. The van der Waals surface area contributed by atoms with Crippen LogP contribution in [0.25, 0.3) is 0 Å². The number of hydrogen-bond donors (Lipinski definition) is 2. The average molecular weight is 291 g/mol. The Morgan fingerprint density at radius 2 is 1.76 bits per heavy atom. The van der Waals surface area contributed by atoms with Crippen molar-refractivity contribution in [1.29, 1.82) is 0 Å². The Morgan fingerprint density at radius 1 is 1.05 bits per heavy atom. The van der Waals surface area contributed by atoms with Crippen molar-refractivity contribution in [3.05, 3.63) is 59.9 Å². The second-order valence-corrected chi connectivity index (χ2v) is 4.07. The Labute approximate surface area is 119 Å². The van der Waals surface area contributed by atoms with E-state index < -0.39 is 23.7 Å². The van der Waals surface area contributed by atoms with Crippen LogP contribution in [0.2, 0.25) is 0 Å². The highest BCUT2D eigenvalue weighted by Gasteiger charge is 2.11. The second kappa shape index (κ2) is 6.56. The summed E-state index contributed by atoms with van der Waals surface area (Å²) in [5.41, 5.74) is 0.148. The Balaban J connectivity index is 1.89. The number of carbonyl (C=O) groups excluding carboxylic acids is 2. The third-order valence-corrected chi connectivity index (χ3v) is 2.53. The number of nitrogens with one attached hydrogen (secondary N) is 2. The summed E-state index contributed by atoms with van der Waals surface area (Å²) in [6.45, 7) is -0.343. The molecule has 0 unspecified atom stereocenters. The van der Waals surface area contributed by atoms with E-state index in [1.165, 1.54) is 0 Å². The molecule has 21 heavy (non-hydrogen) atoms. The maximum Gasteiger partial charge on any atom is 0.251 e. The van der Waals surface area contributed by atoms with Crippen molar-refractivity contribution in [3.63, 3.8) is 0 Å². The predicted molar refractivity (Wildman–Crippen MR) is 71.6 cm³/mol. The van der Waals surface area contributed by atoms with E-state index >= 15 is 0 Å². The summed E-state index contributed by atoms with van der Waals surface area (Å²) >= 11 is 0. The first-order chi connectivity index (χ1) is 10.1. The minimum atomic E-state index is -1.13. The zero-order valence-corrected chi connectivity index (χ0v) is 10.8. The van der Waals surface area contributed by atoms with Gasteiger partial charge in [0.2, 0.25) is 17.8 Å². The van der Waals surface area contributed by atoms with Gasteiger partial charge in [0.25, 0.3) is 5.91 Å². The molecule has 108 valence electrons. The molecule has 0 atom stereocenters. The summed E-state index contributed by atoms with van der Waals surface area (Å²) in [6.07, 6.45) is 0. The van der Waals surface area contributed by atoms with Crippen molar-refractivity contribution in [1.82, 2.24) is 10.3 Å². The molecule has 0 saturated heterocycles. The largest absolute Gasteiger partial charge is 0.343 e. The van der Waals surface area contributed by atoms with Crippen molar-refractivity contribution in [2.24, 2.45) is 0 Å². The van der Waals surface area contributed by atoms with E-state index in [1.54, 1.807) is 30.3 Å². The summed E-state index contributed by atoms with van der Waals surface area (Å²) in [6, 6.07) is 10.3. The van der Waals surface area contributed by atoms with Crippen LogP contribution in [-0.2, 0) is 4.79 Å². The summed E-state index contributed by atoms with van der Waals surface area (Å²) in [5.74, 6) is -3.18. The Bertz CT molecular complexity index is 663. The number of nitrogens with zero attached hydrogens (tertiary/aromatic N) is 1. The van der Waals surface area contributed by atoms with Crippen LogP contribution >= 0.6 is 0 Å². The molecule has 0 saturated carbocycles. The molecule has 1 aromatic carbocycles. The highest BCUT2D eigenvalue weighted by Crippen LogP contribution is 2.11. The molecular weight excluding hydrogens is 280 g/mol. The molecule has 7 heteroatoms. The van der Waals surface area contributed by atoms with Crippen LogP contribution in [0.15, 0.2) is 42.5 Å². The van der Waals surface area contributed by atoms with E-state index in [9.17, 15) is 18.4 Å². The molecule has 2 amide bonds. The normalized spacial score (nSPS) is 10.0. The van der Waals surface area contributed by atoms with Gasteiger partial charge in [-0.05, 0) is 24.3 Å². The van der Waals surface area contributed by atoms with Crippen LogP contribution in [0, 0.1) is 11.9 Å². The molecule has 5 nitrogen and oxygen atoms in total. The van der Waals surface area contributed by atoms with Crippen LogP contribution in [-0.4, -0.2) is 23.3 Å². The Kier molecular flexibility index (Phi) is 4.55. The summed E-state index contributed by atoms with van der Waals surface area (Å²) in [4.78, 5) is 26.2. The number of anilines is 1. The number of benzene rings is 1. The monoisotopic (exact) mass is 291 g/mol. The molecule has 0 aliphatic rings. The first-order valence-electron chi connectivity index (χ1n) is 6.01. The zero-order valence-electron chi connectivity index (χ0n) is 10.8. The van der Waals surface area contributed by atoms with E-state index in [2.05, 4.69) is 15.6 Å². The van der Waals surface area contributed by atoms with Gasteiger partial charge in [0.1, 0.15) is 0 Å². The van der Waals surface area contributed by atoms with Crippen molar-refractivity contribution >= 4 is 17.5 Å². The summed E-state index contributed by atoms with van der Waals surface area (Å²) < 4.78 is 25.8. The lowest BCUT2D eigenvalue weighted by Gasteiger charge is -2.07. The van der Waals surface area contributed by atoms with Gasteiger partial charge in [-0.3, -0.25) is 9.59 Å². The third kappa shape index (κ3) is 4.07. The standard InChI is InChI=1S/C14H11F2N3O2/c15-11-7-6-10(13(16)19-11)18-12(20)8-17-14(21)9-4-2-1-3-5-9/h1-7H,8H2,(H,17,21)(H,18,20). The minimum Gasteiger partial charge on any atom is -0.343 e. The summed E-state index contributed by atoms with van der Waals surface area (Å²) in [7, 11) is 0. The molecule has 2 aromatic rings. The molecule has 1 aromatic heterocycles. The van der Waals surface area contributed by atoms with Gasteiger partial charge in [0.15, 0.2) is 0 Å². The number of carbonyl (C=O) groups is 2. The molecular formula is C14H11F2N3O2. The molecule has 0 aliphatic carbocycles. The topological polar surface area (TPSA) is 71.1 Å². The van der Waals surface area contributed by atoms with Gasteiger partial charge in [0, 0.05) is 5.56 Å². The van der Waals surface area contributed by atoms with Crippen LogP contribution in [0.3, 0.4) is 0 Å². The van der Waals surface area contributed by atoms with E-state index in [4.69, 9.17) is 0 Å². The highest BCUT2D eigenvalue weighted by atomic mass is 19.1. The fraction of sp³-hybridized carbons (Fsp3) is 0.0714. The second-order valence-electron chi connectivity index (χ2n) is 4.07. The van der Waals surface area contributed by atoms with E-state index in [1.807, 2.05) is 0 Å². The van der Waals surface area contributed by atoms with E-state index in [-0.39, 0.29) is 12.2 Å². The van der Waals surface area contributed by atoms with Gasteiger partial charge >= 0.3 is 0 Å². The van der Waals surface area contributed by atoms with Gasteiger partial charge < -0.3 is 10.6 Å². The molecule has 1 heterocycles. The molecule has 0 radical (unpaired) electrons. The van der Waals surface area contributed by atoms with Crippen LogP contribution in [0.1, 0.15) is 10.4 Å². The van der Waals surface area contributed by atoms with Gasteiger partial charge in [-0.25, -0.2) is 0 Å². The van der Waals surface area contributed by atoms with Crippen molar-refractivity contribution in [3.8, 4) is 0 Å². The lowest BCUT2D eigenvalue weighted by Crippen LogP contribution is -2.33. The third-order valence-electron chi connectivity index (χ3n) is 2.53. The zero-order chi connectivity index (χ0) is 15.2. The van der Waals surface area contributed by atoms with Crippen LogP contribution in [0.5, 0.6) is 0 Å². The lowest BCUT2D eigenvalue weighted by molar-refractivity contribution is -0.115. The van der Waals surface area contributed by atoms with Crippen LogP contribution in [0.4, 0.5) is 14.5 Å². The van der Waals surface area contributed by atoms with Gasteiger partial charge in [-0.1, -0.05) is 18.2 Å². The fourth-order valence-corrected chi connectivity index (χ4v) is 1.55. The van der Waals surface area contributed by atoms with Crippen molar-refractivity contribution in [2.75, 3.05) is 11.9 Å². The number of pyridine rings is 1. The number of rotatable bonds is 4. The fourth-order valence-electron chi connectivity index (χ4n) is 1.55. The van der Waals surface area contributed by atoms with Gasteiger partial charge in [-0.2, -0.15) is 13.8 Å². The van der Waals surface area contributed by atoms with Crippen LogP contribution < -0.4 is 10.6 Å². The minimum absolute atomic E-state index is 0.254. The van der Waals surface area contributed by atoms with E-state index in [0.717, 1.165) is 12.1 Å².